The van der Waals surface area contributed by atoms with Crippen molar-refractivity contribution in [2.75, 3.05) is 0 Å². The lowest BCUT2D eigenvalue weighted by molar-refractivity contribution is -0.137. The minimum Gasteiger partial charge on any atom is -0.389 e. The zero-order valence-corrected chi connectivity index (χ0v) is 9.86. The summed E-state index contributed by atoms with van der Waals surface area (Å²) in [7, 11) is 0. The summed E-state index contributed by atoms with van der Waals surface area (Å²) in [6.45, 7) is 1.81. The zero-order valence-electron chi connectivity index (χ0n) is 8.27. The molecule has 0 amide bonds. The lowest BCUT2D eigenvalue weighted by Crippen LogP contribution is -2.14. The Morgan fingerprint density at radius 2 is 1.93 bits per heavy atom. The van der Waals surface area contributed by atoms with E-state index in [1.54, 1.807) is 30.3 Å². The lowest BCUT2D eigenvalue weighted by Gasteiger charge is -2.03. The summed E-state index contributed by atoms with van der Waals surface area (Å²) in [6, 6.07) is 8.43. The van der Waals surface area contributed by atoms with Crippen LogP contribution in [0.4, 0.5) is 0 Å². The van der Waals surface area contributed by atoms with Crippen LogP contribution in [0.2, 0.25) is 0 Å². The first kappa shape index (κ1) is 11.9. The Morgan fingerprint density at radius 3 is 2.47 bits per heavy atom. The third-order valence-electron chi connectivity index (χ3n) is 1.66. The standard InChI is InChI=1S/C11H11BrO3/c1-8(12)7-10(13)15-11(14)9-5-3-2-4-6-9/h2-6,8H,7H2,1H3. The molecule has 0 radical (unpaired) electrons. The van der Waals surface area contributed by atoms with E-state index < -0.39 is 11.9 Å². The number of alkyl halides is 1. The molecule has 0 saturated heterocycles. The summed E-state index contributed by atoms with van der Waals surface area (Å²) < 4.78 is 4.64. The van der Waals surface area contributed by atoms with Gasteiger partial charge in [0.05, 0.1) is 12.0 Å². The van der Waals surface area contributed by atoms with E-state index in [9.17, 15) is 9.59 Å². The first-order chi connectivity index (χ1) is 7.09. The number of carbonyl (C=O) groups is 2. The molecule has 0 bridgehead atoms. The molecule has 0 aliphatic rings. The molecule has 0 N–H and O–H groups in total. The van der Waals surface area contributed by atoms with Crippen molar-refractivity contribution in [3.05, 3.63) is 35.9 Å². The highest BCUT2D eigenvalue weighted by Gasteiger charge is 2.13. The van der Waals surface area contributed by atoms with Gasteiger partial charge >= 0.3 is 11.9 Å². The van der Waals surface area contributed by atoms with Crippen LogP contribution in [0, 0.1) is 0 Å². The minimum atomic E-state index is -0.603. The van der Waals surface area contributed by atoms with Crippen LogP contribution in [0.25, 0.3) is 0 Å². The van der Waals surface area contributed by atoms with Gasteiger partial charge in [-0.25, -0.2) is 4.79 Å². The van der Waals surface area contributed by atoms with Crippen molar-refractivity contribution >= 4 is 27.9 Å². The van der Waals surface area contributed by atoms with E-state index in [4.69, 9.17) is 0 Å². The van der Waals surface area contributed by atoms with Crippen LogP contribution in [0.15, 0.2) is 30.3 Å². The highest BCUT2D eigenvalue weighted by Crippen LogP contribution is 2.07. The maximum Gasteiger partial charge on any atom is 0.345 e. The van der Waals surface area contributed by atoms with Gasteiger partial charge in [0.15, 0.2) is 0 Å². The zero-order chi connectivity index (χ0) is 11.3. The average molecular weight is 271 g/mol. The molecule has 0 aliphatic heterocycles. The molecule has 15 heavy (non-hydrogen) atoms. The van der Waals surface area contributed by atoms with Gasteiger partial charge in [0.25, 0.3) is 0 Å². The molecule has 80 valence electrons. The quantitative estimate of drug-likeness (QED) is 0.482. The number of hydrogen-bond acceptors (Lipinski definition) is 3. The van der Waals surface area contributed by atoms with E-state index in [-0.39, 0.29) is 11.2 Å². The fourth-order valence-electron chi connectivity index (χ4n) is 1.01. The molecule has 0 heterocycles. The lowest BCUT2D eigenvalue weighted by atomic mass is 10.2. The van der Waals surface area contributed by atoms with Crippen LogP contribution < -0.4 is 0 Å². The number of halogens is 1. The number of rotatable bonds is 3. The van der Waals surface area contributed by atoms with Gasteiger partial charge in [-0.15, -0.1) is 0 Å². The van der Waals surface area contributed by atoms with Crippen LogP contribution in [0.5, 0.6) is 0 Å². The van der Waals surface area contributed by atoms with E-state index in [2.05, 4.69) is 20.7 Å². The third kappa shape index (κ3) is 4.25. The van der Waals surface area contributed by atoms with Crippen LogP contribution in [-0.4, -0.2) is 16.8 Å². The summed E-state index contributed by atoms with van der Waals surface area (Å²) in [5, 5.41) is 0. The predicted octanol–water partition coefficient (Wildman–Crippen LogP) is 2.54. The van der Waals surface area contributed by atoms with E-state index in [0.29, 0.717) is 5.56 Å². The molecule has 0 fully saturated rings. The van der Waals surface area contributed by atoms with E-state index in [1.165, 1.54) is 0 Å². The molecule has 3 nitrogen and oxygen atoms in total. The smallest absolute Gasteiger partial charge is 0.345 e. The fourth-order valence-corrected chi connectivity index (χ4v) is 1.27. The van der Waals surface area contributed by atoms with Crippen molar-refractivity contribution in [2.24, 2.45) is 0 Å². The van der Waals surface area contributed by atoms with Gasteiger partial charge in [0.1, 0.15) is 0 Å². The van der Waals surface area contributed by atoms with Crippen LogP contribution in [0.1, 0.15) is 23.7 Å². The summed E-state index contributed by atoms with van der Waals surface area (Å²) in [6.07, 6.45) is 0.179. The van der Waals surface area contributed by atoms with Gasteiger partial charge in [0, 0.05) is 4.83 Å². The molecule has 1 atom stereocenters. The second-order valence-electron chi connectivity index (χ2n) is 3.11. The van der Waals surface area contributed by atoms with Crippen molar-refractivity contribution in [1.29, 1.82) is 0 Å². The molecular formula is C11H11BrO3. The first-order valence-corrected chi connectivity index (χ1v) is 5.45. The number of carbonyl (C=O) groups excluding carboxylic acids is 2. The van der Waals surface area contributed by atoms with E-state index in [0.717, 1.165) is 0 Å². The molecule has 1 aromatic carbocycles. The number of benzene rings is 1. The molecule has 1 aromatic rings. The highest BCUT2D eigenvalue weighted by molar-refractivity contribution is 9.09. The molecule has 1 unspecified atom stereocenters. The van der Waals surface area contributed by atoms with E-state index in [1.807, 2.05) is 6.92 Å². The topological polar surface area (TPSA) is 43.4 Å². The van der Waals surface area contributed by atoms with Crippen molar-refractivity contribution < 1.29 is 14.3 Å². The van der Waals surface area contributed by atoms with Gasteiger partial charge in [-0.05, 0) is 12.1 Å². The van der Waals surface area contributed by atoms with Gasteiger partial charge in [0.2, 0.25) is 0 Å². The monoisotopic (exact) mass is 270 g/mol. The van der Waals surface area contributed by atoms with Crippen LogP contribution >= 0.6 is 15.9 Å². The number of hydrogen-bond donors (Lipinski definition) is 0. The van der Waals surface area contributed by atoms with Gasteiger partial charge in [-0.2, -0.15) is 0 Å². The second-order valence-corrected chi connectivity index (χ2v) is 4.68. The maximum atomic E-state index is 11.4. The summed E-state index contributed by atoms with van der Waals surface area (Å²) in [4.78, 5) is 22.6. The van der Waals surface area contributed by atoms with Crippen molar-refractivity contribution in [3.8, 4) is 0 Å². The maximum absolute atomic E-state index is 11.4. The van der Waals surface area contributed by atoms with Crippen molar-refractivity contribution in [2.45, 2.75) is 18.2 Å². The molecule has 0 aromatic heterocycles. The molecule has 4 heteroatoms. The fraction of sp³-hybridized carbons (Fsp3) is 0.273. The Morgan fingerprint density at radius 1 is 1.33 bits per heavy atom. The molecular weight excluding hydrogens is 260 g/mol. The second kappa shape index (κ2) is 5.66. The molecule has 0 saturated carbocycles. The Hall–Kier alpha value is -1.16. The number of ether oxygens (including phenoxy) is 1. The average Bonchev–Trinajstić information content (AvgIpc) is 2.17. The van der Waals surface area contributed by atoms with Crippen molar-refractivity contribution in [1.82, 2.24) is 0 Å². The highest BCUT2D eigenvalue weighted by atomic mass is 79.9. The Labute approximate surface area is 96.6 Å². The molecule has 1 rings (SSSR count). The SMILES string of the molecule is CC(Br)CC(=O)OC(=O)c1ccccc1. The largest absolute Gasteiger partial charge is 0.389 e. The number of esters is 2. The predicted molar refractivity (Wildman–Crippen MR) is 59.9 cm³/mol. The summed E-state index contributed by atoms with van der Waals surface area (Å²) >= 11 is 3.21. The Kier molecular flexibility index (Phi) is 4.49. The Balaban J connectivity index is 2.53. The van der Waals surface area contributed by atoms with Crippen molar-refractivity contribution in [3.63, 3.8) is 0 Å². The molecule has 0 aliphatic carbocycles. The third-order valence-corrected chi connectivity index (χ3v) is 1.99. The summed E-state index contributed by atoms with van der Waals surface area (Å²) in [5.74, 6) is -1.12. The van der Waals surface area contributed by atoms with E-state index >= 15 is 0 Å². The normalized spacial score (nSPS) is 11.9. The van der Waals surface area contributed by atoms with Gasteiger partial charge < -0.3 is 4.74 Å². The molecule has 0 spiro atoms. The first-order valence-electron chi connectivity index (χ1n) is 4.53. The van der Waals surface area contributed by atoms with Gasteiger partial charge in [-0.3, -0.25) is 4.79 Å². The van der Waals surface area contributed by atoms with Crippen LogP contribution in [0.3, 0.4) is 0 Å². The minimum absolute atomic E-state index is 0.00794. The Bertz CT molecular complexity index is 346. The van der Waals surface area contributed by atoms with Crippen LogP contribution in [-0.2, 0) is 9.53 Å². The summed E-state index contributed by atoms with van der Waals surface area (Å²) in [5.41, 5.74) is 0.382. The van der Waals surface area contributed by atoms with Gasteiger partial charge in [-0.1, -0.05) is 41.1 Å².